The van der Waals surface area contributed by atoms with Crippen LogP contribution in [0.4, 0.5) is 5.82 Å². The minimum absolute atomic E-state index is 0.00831. The first-order valence-corrected chi connectivity index (χ1v) is 7.52. The first-order valence-electron chi connectivity index (χ1n) is 7.14. The van der Waals surface area contributed by atoms with Crippen LogP contribution in [0.5, 0.6) is 0 Å². The molecule has 110 valence electrons. The Bertz CT molecular complexity index is 566. The van der Waals surface area contributed by atoms with Gasteiger partial charge in [-0.2, -0.15) is 10.5 Å². The number of nitrogens with zero attached hydrogens (tertiary/aromatic N) is 5. The minimum atomic E-state index is -0.00831. The number of piperazine rings is 1. The third-order valence-corrected chi connectivity index (χ3v) is 4.13. The van der Waals surface area contributed by atoms with Gasteiger partial charge in [-0.1, -0.05) is 24.9 Å². The summed E-state index contributed by atoms with van der Waals surface area (Å²) in [4.78, 5) is 8.59. The van der Waals surface area contributed by atoms with E-state index < -0.39 is 0 Å². The smallest absolute Gasteiger partial charge is 0.148 e. The molecular weight excluding hydrogens is 286 g/mol. The second-order valence-corrected chi connectivity index (χ2v) is 5.44. The average molecular weight is 304 g/mol. The van der Waals surface area contributed by atoms with E-state index in [1.807, 2.05) is 0 Å². The fourth-order valence-corrected chi connectivity index (χ4v) is 2.86. The van der Waals surface area contributed by atoms with Gasteiger partial charge in [0.1, 0.15) is 16.9 Å². The van der Waals surface area contributed by atoms with Crippen molar-refractivity contribution in [3.05, 3.63) is 22.8 Å². The van der Waals surface area contributed by atoms with Gasteiger partial charge >= 0.3 is 0 Å². The lowest BCUT2D eigenvalue weighted by molar-refractivity contribution is 0.211. The molecule has 1 atom stereocenters. The third kappa shape index (κ3) is 3.44. The number of rotatable bonds is 4. The standard InChI is InChI=1S/C15H18ClN5/c1-2-3-13(11-18)20-6-8-21(9-7-20)15-14(16)12(10-17)4-5-19-15/h4-5,13H,2-3,6-9H2,1H3. The normalized spacial score (nSPS) is 17.0. The zero-order chi connectivity index (χ0) is 15.2. The van der Waals surface area contributed by atoms with Gasteiger partial charge in [0.25, 0.3) is 0 Å². The highest BCUT2D eigenvalue weighted by Gasteiger charge is 2.25. The number of anilines is 1. The van der Waals surface area contributed by atoms with Crippen molar-refractivity contribution in [2.75, 3.05) is 31.1 Å². The summed E-state index contributed by atoms with van der Waals surface area (Å²) >= 11 is 6.23. The highest BCUT2D eigenvalue weighted by Crippen LogP contribution is 2.27. The predicted octanol–water partition coefficient (Wildman–Crippen LogP) is 2.42. The van der Waals surface area contributed by atoms with Gasteiger partial charge in [0.15, 0.2) is 0 Å². The molecule has 1 aromatic heterocycles. The Morgan fingerprint density at radius 3 is 2.62 bits per heavy atom. The Kier molecular flexibility index (Phi) is 5.38. The van der Waals surface area contributed by atoms with Crippen LogP contribution in [0.3, 0.4) is 0 Å². The first-order chi connectivity index (χ1) is 10.2. The quantitative estimate of drug-likeness (QED) is 0.854. The molecule has 5 nitrogen and oxygen atoms in total. The molecule has 0 radical (unpaired) electrons. The maximum atomic E-state index is 9.23. The molecule has 1 aliphatic heterocycles. The molecule has 1 fully saturated rings. The van der Waals surface area contributed by atoms with Crippen molar-refractivity contribution >= 4 is 17.4 Å². The van der Waals surface area contributed by atoms with E-state index in [1.165, 1.54) is 0 Å². The average Bonchev–Trinajstić information content (AvgIpc) is 2.53. The summed E-state index contributed by atoms with van der Waals surface area (Å²) in [6.07, 6.45) is 3.52. The molecule has 0 saturated carbocycles. The second kappa shape index (κ2) is 7.26. The van der Waals surface area contributed by atoms with Crippen LogP contribution < -0.4 is 4.90 Å². The number of halogens is 1. The van der Waals surface area contributed by atoms with Gasteiger partial charge in [-0.15, -0.1) is 0 Å². The summed E-state index contributed by atoms with van der Waals surface area (Å²) in [5.41, 5.74) is 0.449. The fraction of sp³-hybridized carbons (Fsp3) is 0.533. The predicted molar refractivity (Wildman–Crippen MR) is 82.1 cm³/mol. The Labute approximate surface area is 130 Å². The number of hydrogen-bond acceptors (Lipinski definition) is 5. The van der Waals surface area contributed by atoms with Crippen molar-refractivity contribution in [3.63, 3.8) is 0 Å². The van der Waals surface area contributed by atoms with E-state index in [0.717, 1.165) is 39.0 Å². The fourth-order valence-electron chi connectivity index (χ4n) is 2.59. The van der Waals surface area contributed by atoms with Crippen molar-refractivity contribution in [3.8, 4) is 12.1 Å². The number of pyridine rings is 1. The summed E-state index contributed by atoms with van der Waals surface area (Å²) in [6.45, 7) is 5.25. The molecule has 1 unspecified atom stereocenters. The van der Waals surface area contributed by atoms with Crippen molar-refractivity contribution in [2.45, 2.75) is 25.8 Å². The number of hydrogen-bond donors (Lipinski definition) is 0. The molecule has 0 spiro atoms. The third-order valence-electron chi connectivity index (χ3n) is 3.76. The maximum Gasteiger partial charge on any atom is 0.148 e. The molecule has 0 N–H and O–H groups in total. The molecule has 0 aliphatic carbocycles. The summed E-state index contributed by atoms with van der Waals surface area (Å²) in [7, 11) is 0. The van der Waals surface area contributed by atoms with Gasteiger partial charge in [0.05, 0.1) is 17.7 Å². The highest BCUT2D eigenvalue weighted by atomic mass is 35.5. The zero-order valence-electron chi connectivity index (χ0n) is 12.1. The van der Waals surface area contributed by atoms with E-state index in [9.17, 15) is 5.26 Å². The lowest BCUT2D eigenvalue weighted by Crippen LogP contribution is -2.50. The molecular formula is C15H18ClN5. The van der Waals surface area contributed by atoms with E-state index in [4.69, 9.17) is 16.9 Å². The second-order valence-electron chi connectivity index (χ2n) is 5.06. The molecule has 0 bridgehead atoms. The van der Waals surface area contributed by atoms with E-state index in [2.05, 4.69) is 33.8 Å². The number of nitriles is 2. The minimum Gasteiger partial charge on any atom is -0.353 e. The van der Waals surface area contributed by atoms with Crippen molar-refractivity contribution in [2.24, 2.45) is 0 Å². The molecule has 21 heavy (non-hydrogen) atoms. The number of aromatic nitrogens is 1. The lowest BCUT2D eigenvalue weighted by Gasteiger charge is -2.37. The van der Waals surface area contributed by atoms with Gasteiger partial charge in [-0.05, 0) is 12.5 Å². The monoisotopic (exact) mass is 303 g/mol. The van der Waals surface area contributed by atoms with Crippen molar-refractivity contribution in [1.29, 1.82) is 10.5 Å². The summed E-state index contributed by atoms with van der Waals surface area (Å²) < 4.78 is 0. The van der Waals surface area contributed by atoms with Gasteiger partial charge in [0.2, 0.25) is 0 Å². The highest BCUT2D eigenvalue weighted by molar-refractivity contribution is 6.34. The Balaban J connectivity index is 2.05. The molecule has 0 amide bonds. The van der Waals surface area contributed by atoms with E-state index in [1.54, 1.807) is 12.3 Å². The van der Waals surface area contributed by atoms with Gasteiger partial charge < -0.3 is 4.90 Å². The Morgan fingerprint density at radius 2 is 2.05 bits per heavy atom. The van der Waals surface area contributed by atoms with Crippen molar-refractivity contribution < 1.29 is 0 Å². The lowest BCUT2D eigenvalue weighted by atomic mass is 10.1. The summed E-state index contributed by atoms with van der Waals surface area (Å²) in [6, 6.07) is 6.07. The van der Waals surface area contributed by atoms with Gasteiger partial charge in [0, 0.05) is 32.4 Å². The van der Waals surface area contributed by atoms with Crippen LogP contribution in [-0.4, -0.2) is 42.1 Å². The first kappa shape index (κ1) is 15.6. The van der Waals surface area contributed by atoms with Crippen LogP contribution in [0.2, 0.25) is 5.02 Å². The van der Waals surface area contributed by atoms with E-state index >= 15 is 0 Å². The van der Waals surface area contributed by atoms with Crippen LogP contribution in [0.15, 0.2) is 12.3 Å². The molecule has 2 heterocycles. The van der Waals surface area contributed by atoms with Crippen LogP contribution in [0.25, 0.3) is 0 Å². The van der Waals surface area contributed by atoms with Gasteiger partial charge in [-0.25, -0.2) is 4.98 Å². The summed E-state index contributed by atoms with van der Waals surface area (Å²) in [5.74, 6) is 0.666. The van der Waals surface area contributed by atoms with E-state index in [-0.39, 0.29) is 6.04 Å². The van der Waals surface area contributed by atoms with Crippen LogP contribution in [0.1, 0.15) is 25.3 Å². The van der Waals surface area contributed by atoms with E-state index in [0.29, 0.717) is 16.4 Å². The SMILES string of the molecule is CCCC(C#N)N1CCN(c2nccc(C#N)c2Cl)CC1. The van der Waals surface area contributed by atoms with Crippen LogP contribution in [0, 0.1) is 22.7 Å². The Morgan fingerprint density at radius 1 is 1.33 bits per heavy atom. The van der Waals surface area contributed by atoms with Crippen molar-refractivity contribution in [1.82, 2.24) is 9.88 Å². The molecule has 6 heteroatoms. The molecule has 1 aliphatic rings. The van der Waals surface area contributed by atoms with Crippen LogP contribution >= 0.6 is 11.6 Å². The Hall–Kier alpha value is -1.82. The van der Waals surface area contributed by atoms with Gasteiger partial charge in [-0.3, -0.25) is 4.90 Å². The molecule has 0 aromatic carbocycles. The summed E-state index contributed by atoms with van der Waals surface area (Å²) in [5, 5.41) is 18.7. The zero-order valence-corrected chi connectivity index (χ0v) is 12.8. The molecule has 1 aromatic rings. The molecule has 1 saturated heterocycles. The largest absolute Gasteiger partial charge is 0.353 e. The molecule has 2 rings (SSSR count). The maximum absolute atomic E-state index is 9.23. The van der Waals surface area contributed by atoms with Crippen LogP contribution in [-0.2, 0) is 0 Å². The topological polar surface area (TPSA) is 67.0 Å².